The number of carbonyl (C=O) groups excluding carboxylic acids is 2. The monoisotopic (exact) mass is 465 g/mol. The van der Waals surface area contributed by atoms with Gasteiger partial charge in [-0.15, -0.1) is 0 Å². The fraction of sp³-hybridized carbons (Fsp3) is 0.333. The van der Waals surface area contributed by atoms with E-state index in [-0.39, 0.29) is 23.9 Å². The van der Waals surface area contributed by atoms with E-state index in [1.807, 2.05) is 4.90 Å². The number of nitrogens with one attached hydrogen (secondary N) is 1. The van der Waals surface area contributed by atoms with Gasteiger partial charge in [-0.3, -0.25) is 9.69 Å². The minimum Gasteiger partial charge on any atom is -0.468 e. The molecule has 2 aromatic carbocycles. The van der Waals surface area contributed by atoms with E-state index < -0.39 is 22.0 Å². The third kappa shape index (κ3) is 4.90. The van der Waals surface area contributed by atoms with Crippen LogP contribution in [0.5, 0.6) is 0 Å². The predicted molar refractivity (Wildman–Crippen MR) is 116 cm³/mol. The summed E-state index contributed by atoms with van der Waals surface area (Å²) in [5.41, 5.74) is 1.00. The summed E-state index contributed by atoms with van der Waals surface area (Å²) < 4.78 is 32.4. The zero-order valence-electron chi connectivity index (χ0n) is 17.2. The molecular weight excluding hydrogens is 442 g/mol. The first-order valence-electron chi connectivity index (χ1n) is 9.68. The standard InChI is InChI=1S/C21H24ClN3O5S/c1-23-20(26)15-7-9-16(10-8-15)31(28,29)25-13-11-24(12-14-25)19(21(27)30-2)17-5-3-4-6-18(17)22/h3-10,19H,11-14H2,1-2H3,(H,23,26)/t19-/m0/s1. The molecule has 0 aromatic heterocycles. The SMILES string of the molecule is CNC(=O)c1ccc(S(=O)(=O)N2CCN([C@H](C(=O)OC)c3ccccc3Cl)CC2)cc1. The number of esters is 1. The van der Waals surface area contributed by atoms with Gasteiger partial charge >= 0.3 is 5.97 Å². The van der Waals surface area contributed by atoms with E-state index >= 15 is 0 Å². The van der Waals surface area contributed by atoms with E-state index in [1.165, 1.54) is 42.7 Å². The van der Waals surface area contributed by atoms with E-state index in [1.54, 1.807) is 24.3 Å². The Kier molecular flexibility index (Phi) is 7.32. The topological polar surface area (TPSA) is 96.0 Å². The van der Waals surface area contributed by atoms with Gasteiger partial charge in [0.15, 0.2) is 0 Å². The summed E-state index contributed by atoms with van der Waals surface area (Å²) in [6.45, 7) is 1.08. The van der Waals surface area contributed by atoms with E-state index in [2.05, 4.69) is 5.32 Å². The van der Waals surface area contributed by atoms with Gasteiger partial charge in [-0.25, -0.2) is 13.2 Å². The van der Waals surface area contributed by atoms with Gasteiger partial charge in [0.25, 0.3) is 5.91 Å². The molecule has 0 spiro atoms. The van der Waals surface area contributed by atoms with Gasteiger partial charge in [0.2, 0.25) is 10.0 Å². The molecule has 0 radical (unpaired) electrons. The number of hydrogen-bond donors (Lipinski definition) is 1. The second-order valence-electron chi connectivity index (χ2n) is 6.99. The minimum absolute atomic E-state index is 0.115. The highest BCUT2D eigenvalue weighted by atomic mass is 35.5. The normalized spacial score (nSPS) is 16.5. The molecule has 31 heavy (non-hydrogen) atoms. The molecule has 1 aliphatic heterocycles. The van der Waals surface area contributed by atoms with Crippen molar-refractivity contribution < 1.29 is 22.7 Å². The molecule has 2 aromatic rings. The third-order valence-electron chi connectivity index (χ3n) is 5.24. The molecule has 0 bridgehead atoms. The summed E-state index contributed by atoms with van der Waals surface area (Å²) in [5, 5.41) is 2.95. The summed E-state index contributed by atoms with van der Waals surface area (Å²) in [6, 6.07) is 12.1. The van der Waals surface area contributed by atoms with Crippen LogP contribution in [0.3, 0.4) is 0 Å². The van der Waals surface area contributed by atoms with Crippen molar-refractivity contribution in [1.29, 1.82) is 0 Å². The van der Waals surface area contributed by atoms with Crippen LogP contribution in [0.1, 0.15) is 22.0 Å². The predicted octanol–water partition coefficient (Wildman–Crippen LogP) is 1.92. The van der Waals surface area contributed by atoms with Crippen LogP contribution in [0, 0.1) is 0 Å². The summed E-state index contributed by atoms with van der Waals surface area (Å²) in [6.07, 6.45) is 0. The summed E-state index contributed by atoms with van der Waals surface area (Å²) in [5.74, 6) is -0.736. The van der Waals surface area contributed by atoms with Crippen molar-refractivity contribution >= 4 is 33.5 Å². The molecule has 1 saturated heterocycles. The Balaban J connectivity index is 1.76. The van der Waals surface area contributed by atoms with Crippen LogP contribution < -0.4 is 5.32 Å². The first-order valence-corrected chi connectivity index (χ1v) is 11.5. The first kappa shape index (κ1) is 23.2. The molecule has 8 nitrogen and oxygen atoms in total. The molecule has 0 unspecified atom stereocenters. The molecule has 1 aliphatic rings. The highest BCUT2D eigenvalue weighted by Crippen LogP contribution is 2.30. The second-order valence-corrected chi connectivity index (χ2v) is 9.34. The van der Waals surface area contributed by atoms with Crippen LogP contribution in [0.15, 0.2) is 53.4 Å². The summed E-state index contributed by atoms with van der Waals surface area (Å²) >= 11 is 6.30. The lowest BCUT2D eigenvalue weighted by atomic mass is 10.0. The minimum atomic E-state index is -3.73. The second kappa shape index (κ2) is 9.78. The van der Waals surface area contributed by atoms with Crippen LogP contribution in [0.2, 0.25) is 5.02 Å². The van der Waals surface area contributed by atoms with Crippen molar-refractivity contribution in [2.24, 2.45) is 0 Å². The number of sulfonamides is 1. The van der Waals surface area contributed by atoms with Crippen LogP contribution in [-0.2, 0) is 19.6 Å². The number of piperazine rings is 1. The Hall–Kier alpha value is -2.46. The fourth-order valence-electron chi connectivity index (χ4n) is 3.56. The summed E-state index contributed by atoms with van der Waals surface area (Å²) in [7, 11) is -0.901. The van der Waals surface area contributed by atoms with Crippen molar-refractivity contribution in [2.75, 3.05) is 40.3 Å². The van der Waals surface area contributed by atoms with Crippen molar-refractivity contribution in [3.8, 4) is 0 Å². The van der Waals surface area contributed by atoms with Gasteiger partial charge in [0.05, 0.1) is 12.0 Å². The van der Waals surface area contributed by atoms with Crippen LogP contribution in [0.4, 0.5) is 0 Å². The number of ether oxygens (including phenoxy) is 1. The van der Waals surface area contributed by atoms with Gasteiger partial charge in [-0.05, 0) is 35.9 Å². The maximum Gasteiger partial charge on any atom is 0.327 e. The van der Waals surface area contributed by atoms with Crippen LogP contribution in [0.25, 0.3) is 0 Å². The number of benzene rings is 2. The molecule has 166 valence electrons. The summed E-state index contributed by atoms with van der Waals surface area (Å²) in [4.78, 5) is 26.1. The molecule has 1 atom stereocenters. The van der Waals surface area contributed by atoms with Gasteiger partial charge < -0.3 is 10.1 Å². The van der Waals surface area contributed by atoms with Crippen molar-refractivity contribution in [1.82, 2.24) is 14.5 Å². The number of rotatable bonds is 6. The maximum atomic E-state index is 13.0. The van der Waals surface area contributed by atoms with Crippen molar-refractivity contribution in [3.63, 3.8) is 0 Å². The number of hydrogen-bond acceptors (Lipinski definition) is 6. The highest BCUT2D eigenvalue weighted by molar-refractivity contribution is 7.89. The molecule has 1 N–H and O–H groups in total. The average Bonchev–Trinajstić information content (AvgIpc) is 2.80. The quantitative estimate of drug-likeness (QED) is 0.655. The highest BCUT2D eigenvalue weighted by Gasteiger charge is 2.35. The van der Waals surface area contributed by atoms with E-state index in [0.717, 1.165) is 0 Å². The molecule has 1 heterocycles. The Morgan fingerprint density at radius 1 is 1.03 bits per heavy atom. The van der Waals surface area contributed by atoms with Crippen LogP contribution >= 0.6 is 11.6 Å². The molecule has 1 fully saturated rings. The molecule has 3 rings (SSSR count). The van der Waals surface area contributed by atoms with E-state index in [0.29, 0.717) is 29.2 Å². The van der Waals surface area contributed by atoms with Crippen LogP contribution in [-0.4, -0.2) is 69.8 Å². The number of amides is 1. The zero-order chi connectivity index (χ0) is 22.6. The first-order chi connectivity index (χ1) is 14.8. The van der Waals surface area contributed by atoms with Crippen molar-refractivity contribution in [2.45, 2.75) is 10.9 Å². The van der Waals surface area contributed by atoms with Gasteiger partial charge in [0, 0.05) is 43.8 Å². The Morgan fingerprint density at radius 3 is 2.19 bits per heavy atom. The van der Waals surface area contributed by atoms with Gasteiger partial charge in [-0.1, -0.05) is 29.8 Å². The number of methoxy groups -OCH3 is 1. The third-order valence-corrected chi connectivity index (χ3v) is 7.50. The van der Waals surface area contributed by atoms with E-state index in [4.69, 9.17) is 16.3 Å². The van der Waals surface area contributed by atoms with Gasteiger partial charge in [0.1, 0.15) is 6.04 Å². The molecular formula is C21H24ClN3O5S. The lowest BCUT2D eigenvalue weighted by Crippen LogP contribution is -2.51. The largest absolute Gasteiger partial charge is 0.468 e. The lowest BCUT2D eigenvalue weighted by Gasteiger charge is -2.37. The van der Waals surface area contributed by atoms with Gasteiger partial charge in [-0.2, -0.15) is 4.31 Å². The smallest absolute Gasteiger partial charge is 0.327 e. The molecule has 10 heteroatoms. The Labute approximate surface area is 186 Å². The molecule has 1 amide bonds. The molecule has 0 aliphatic carbocycles. The number of carbonyl (C=O) groups is 2. The number of halogens is 1. The Morgan fingerprint density at radius 2 is 1.65 bits per heavy atom. The zero-order valence-corrected chi connectivity index (χ0v) is 18.8. The van der Waals surface area contributed by atoms with Crippen molar-refractivity contribution in [3.05, 3.63) is 64.7 Å². The molecule has 0 saturated carbocycles. The lowest BCUT2D eigenvalue weighted by molar-refractivity contribution is -0.147. The average molecular weight is 466 g/mol. The maximum absolute atomic E-state index is 13.0. The fourth-order valence-corrected chi connectivity index (χ4v) is 5.22. The van der Waals surface area contributed by atoms with E-state index in [9.17, 15) is 18.0 Å². The Bertz CT molecular complexity index is 1050. The number of nitrogens with zero attached hydrogens (tertiary/aromatic N) is 2.